The molecule has 20 heavy (non-hydrogen) atoms. The molecule has 2 aliphatic heterocycles. The van der Waals surface area contributed by atoms with Gasteiger partial charge in [0, 0.05) is 18.7 Å². The Kier molecular flexibility index (Phi) is 3.07. The Morgan fingerprint density at radius 2 is 2.00 bits per heavy atom. The largest absolute Gasteiger partial charge is 0.482 e. The third kappa shape index (κ3) is 2.21. The van der Waals surface area contributed by atoms with Gasteiger partial charge >= 0.3 is 0 Å². The number of carbonyl (C=O) groups excluding carboxylic acids is 2. The summed E-state index contributed by atoms with van der Waals surface area (Å²) >= 11 is 0. The molecule has 1 aromatic rings. The number of anilines is 1. The number of nitrogens with one attached hydrogen (secondary N) is 1. The molecule has 1 saturated heterocycles. The molecule has 3 N–H and O–H groups in total. The number of rotatable bonds is 1. The average Bonchev–Trinajstić information content (AvgIpc) is 2.77. The van der Waals surface area contributed by atoms with Gasteiger partial charge in [0.2, 0.25) is 0 Å². The van der Waals surface area contributed by atoms with Crippen LogP contribution in [0.25, 0.3) is 0 Å². The fourth-order valence-electron chi connectivity index (χ4n) is 2.33. The first-order valence-corrected chi connectivity index (χ1v) is 6.26. The van der Waals surface area contributed by atoms with Gasteiger partial charge in [0.1, 0.15) is 5.75 Å². The van der Waals surface area contributed by atoms with E-state index in [-0.39, 0.29) is 31.5 Å². The maximum absolute atomic E-state index is 12.3. The van der Waals surface area contributed by atoms with E-state index < -0.39 is 12.2 Å². The van der Waals surface area contributed by atoms with Crippen LogP contribution in [0.5, 0.6) is 5.75 Å². The lowest BCUT2D eigenvalue weighted by Crippen LogP contribution is -2.30. The van der Waals surface area contributed by atoms with Gasteiger partial charge in [-0.15, -0.1) is 0 Å². The third-order valence-corrected chi connectivity index (χ3v) is 3.41. The van der Waals surface area contributed by atoms with Crippen LogP contribution in [0.2, 0.25) is 0 Å². The van der Waals surface area contributed by atoms with Crippen molar-refractivity contribution >= 4 is 17.5 Å². The van der Waals surface area contributed by atoms with Crippen molar-refractivity contribution in [1.82, 2.24) is 4.90 Å². The van der Waals surface area contributed by atoms with Crippen LogP contribution >= 0.6 is 0 Å². The molecule has 0 bridgehead atoms. The highest BCUT2D eigenvalue weighted by Crippen LogP contribution is 2.29. The highest BCUT2D eigenvalue weighted by Gasteiger charge is 2.33. The van der Waals surface area contributed by atoms with E-state index in [1.165, 1.54) is 11.0 Å². The Bertz CT molecular complexity index is 564. The Balaban J connectivity index is 1.82. The molecule has 1 fully saturated rings. The van der Waals surface area contributed by atoms with Gasteiger partial charge in [-0.1, -0.05) is 0 Å². The van der Waals surface area contributed by atoms with Crippen LogP contribution in [0.3, 0.4) is 0 Å². The van der Waals surface area contributed by atoms with Crippen LogP contribution in [0.15, 0.2) is 18.2 Å². The minimum absolute atomic E-state index is 0.0369. The standard InChI is InChI=1S/C13H14N2O5/c16-9-4-15(5-10(9)17)13(19)7-1-2-11-8(3-7)14-12(18)6-20-11/h1-3,9-10,16-17H,4-6H2,(H,14,18)/t9-,10+. The van der Waals surface area contributed by atoms with Crippen molar-refractivity contribution in [3.8, 4) is 5.75 Å². The number of likely N-dealkylation sites (tertiary alicyclic amines) is 1. The van der Waals surface area contributed by atoms with Crippen molar-refractivity contribution in [3.63, 3.8) is 0 Å². The summed E-state index contributed by atoms with van der Waals surface area (Å²) in [6.45, 7) is 0.157. The highest BCUT2D eigenvalue weighted by atomic mass is 16.5. The normalized spacial score (nSPS) is 24.9. The van der Waals surface area contributed by atoms with Crippen molar-refractivity contribution < 1.29 is 24.5 Å². The molecule has 7 nitrogen and oxygen atoms in total. The van der Waals surface area contributed by atoms with Crippen molar-refractivity contribution in [3.05, 3.63) is 23.8 Å². The fourth-order valence-corrected chi connectivity index (χ4v) is 2.33. The number of aliphatic hydroxyl groups is 2. The molecule has 1 aromatic carbocycles. The van der Waals surface area contributed by atoms with Gasteiger partial charge in [-0.25, -0.2) is 0 Å². The number of hydrogen-bond donors (Lipinski definition) is 3. The minimum atomic E-state index is -0.917. The SMILES string of the molecule is O=C1COc2ccc(C(=O)N3C[C@@H](O)[C@@H](O)C3)cc2N1. The van der Waals surface area contributed by atoms with Crippen LogP contribution in [0.1, 0.15) is 10.4 Å². The molecule has 2 atom stereocenters. The van der Waals surface area contributed by atoms with Crippen molar-refractivity contribution in [2.45, 2.75) is 12.2 Å². The van der Waals surface area contributed by atoms with Gasteiger partial charge in [0.25, 0.3) is 11.8 Å². The van der Waals surface area contributed by atoms with Gasteiger partial charge < -0.3 is 25.2 Å². The molecule has 0 radical (unpaired) electrons. The molecule has 0 unspecified atom stereocenters. The van der Waals surface area contributed by atoms with Gasteiger partial charge in [-0.2, -0.15) is 0 Å². The molecule has 106 valence electrons. The first-order valence-electron chi connectivity index (χ1n) is 6.26. The number of aliphatic hydroxyl groups excluding tert-OH is 2. The summed E-state index contributed by atoms with van der Waals surface area (Å²) in [5.41, 5.74) is 0.822. The summed E-state index contributed by atoms with van der Waals surface area (Å²) in [4.78, 5) is 24.9. The average molecular weight is 278 g/mol. The van der Waals surface area contributed by atoms with Crippen LogP contribution < -0.4 is 10.1 Å². The Hall–Kier alpha value is -2.12. The predicted molar refractivity (Wildman–Crippen MR) is 68.5 cm³/mol. The maximum Gasteiger partial charge on any atom is 0.262 e. The van der Waals surface area contributed by atoms with Crippen LogP contribution in [-0.2, 0) is 4.79 Å². The summed E-state index contributed by atoms with van der Waals surface area (Å²) in [6, 6.07) is 4.74. The topological polar surface area (TPSA) is 99.1 Å². The fraction of sp³-hybridized carbons (Fsp3) is 0.385. The molecule has 2 amide bonds. The Morgan fingerprint density at radius 1 is 1.30 bits per heavy atom. The smallest absolute Gasteiger partial charge is 0.262 e. The predicted octanol–water partition coefficient (Wildman–Crippen LogP) is -0.805. The second-order valence-electron chi connectivity index (χ2n) is 4.89. The molecule has 0 aromatic heterocycles. The number of amides is 2. The summed E-state index contributed by atoms with van der Waals surface area (Å²) < 4.78 is 5.21. The summed E-state index contributed by atoms with van der Waals surface area (Å²) in [7, 11) is 0. The Morgan fingerprint density at radius 3 is 2.70 bits per heavy atom. The van der Waals surface area contributed by atoms with Crippen molar-refractivity contribution in [2.75, 3.05) is 25.0 Å². The van der Waals surface area contributed by atoms with Crippen LogP contribution in [-0.4, -0.2) is 58.8 Å². The number of benzene rings is 1. The molecule has 0 saturated carbocycles. The number of ether oxygens (including phenoxy) is 1. The molecule has 0 spiro atoms. The molecule has 0 aliphatic carbocycles. The molecule has 2 aliphatic rings. The number of nitrogens with zero attached hydrogens (tertiary/aromatic N) is 1. The number of carbonyl (C=O) groups is 2. The first kappa shape index (κ1) is 12.9. The van der Waals surface area contributed by atoms with E-state index in [4.69, 9.17) is 4.74 Å². The second-order valence-corrected chi connectivity index (χ2v) is 4.89. The van der Waals surface area contributed by atoms with Crippen LogP contribution in [0.4, 0.5) is 5.69 Å². The van der Waals surface area contributed by atoms with E-state index in [1.54, 1.807) is 12.1 Å². The Labute approximate surface area is 114 Å². The quantitative estimate of drug-likeness (QED) is 0.624. The highest BCUT2D eigenvalue weighted by molar-refractivity contribution is 6.00. The van der Waals surface area contributed by atoms with E-state index >= 15 is 0 Å². The molecule has 2 heterocycles. The van der Waals surface area contributed by atoms with Gasteiger partial charge in [-0.05, 0) is 18.2 Å². The second kappa shape index (κ2) is 4.77. The summed E-state index contributed by atoms with van der Waals surface area (Å²) in [5.74, 6) is -0.0556. The zero-order valence-corrected chi connectivity index (χ0v) is 10.6. The first-order chi connectivity index (χ1) is 9.54. The van der Waals surface area contributed by atoms with Gasteiger partial charge in [0.05, 0.1) is 17.9 Å². The summed E-state index contributed by atoms with van der Waals surface area (Å²) in [6.07, 6.45) is -1.83. The number of fused-ring (bicyclic) bond motifs is 1. The van der Waals surface area contributed by atoms with Crippen molar-refractivity contribution in [1.29, 1.82) is 0 Å². The van der Waals surface area contributed by atoms with E-state index in [0.717, 1.165) is 0 Å². The lowest BCUT2D eigenvalue weighted by molar-refractivity contribution is -0.118. The third-order valence-electron chi connectivity index (χ3n) is 3.41. The minimum Gasteiger partial charge on any atom is -0.482 e. The van der Waals surface area contributed by atoms with E-state index in [9.17, 15) is 19.8 Å². The van der Waals surface area contributed by atoms with Gasteiger partial charge in [0.15, 0.2) is 6.61 Å². The zero-order valence-electron chi connectivity index (χ0n) is 10.6. The van der Waals surface area contributed by atoms with Crippen molar-refractivity contribution in [2.24, 2.45) is 0 Å². The molecule has 3 rings (SSSR count). The molecule has 7 heteroatoms. The molecular formula is C13H14N2O5. The van der Waals surface area contributed by atoms with E-state index in [1.807, 2.05) is 0 Å². The monoisotopic (exact) mass is 278 g/mol. The lowest BCUT2D eigenvalue weighted by atomic mass is 10.1. The lowest BCUT2D eigenvalue weighted by Gasteiger charge is -2.20. The summed E-state index contributed by atoms with van der Waals surface area (Å²) in [5, 5.41) is 21.6. The van der Waals surface area contributed by atoms with Gasteiger partial charge in [-0.3, -0.25) is 9.59 Å². The number of β-amino-alcohol motifs (C(OH)–C–C–N with tert-alkyl or cyclic N) is 2. The maximum atomic E-state index is 12.3. The van der Waals surface area contributed by atoms with E-state index in [2.05, 4.69) is 5.32 Å². The van der Waals surface area contributed by atoms with Crippen LogP contribution in [0, 0.1) is 0 Å². The molecular weight excluding hydrogens is 264 g/mol. The van der Waals surface area contributed by atoms with E-state index in [0.29, 0.717) is 17.0 Å². The number of hydrogen-bond acceptors (Lipinski definition) is 5. The zero-order chi connectivity index (χ0) is 14.3.